The quantitative estimate of drug-likeness (QED) is 0.184. The second-order valence-corrected chi connectivity index (χ2v) is 13.1. The Labute approximate surface area is 295 Å². The van der Waals surface area contributed by atoms with Gasteiger partial charge in [-0.25, -0.2) is 0 Å². The van der Waals surface area contributed by atoms with Gasteiger partial charge in [-0.3, -0.25) is 0 Å². The lowest BCUT2D eigenvalue weighted by Crippen LogP contribution is -2.17. The van der Waals surface area contributed by atoms with E-state index in [0.717, 1.165) is 54.9 Å². The summed E-state index contributed by atoms with van der Waals surface area (Å²) in [6, 6.07) is 29.3. The van der Waals surface area contributed by atoms with E-state index in [2.05, 4.69) is 72.4 Å². The van der Waals surface area contributed by atoms with E-state index in [1.165, 1.54) is 0 Å². The van der Waals surface area contributed by atoms with Gasteiger partial charge in [0.15, 0.2) is 0 Å². The van der Waals surface area contributed by atoms with E-state index >= 15 is 0 Å². The molecule has 230 valence electrons. The fourth-order valence-electron chi connectivity index (χ4n) is 7.24. The molecule has 2 heteroatoms. The number of para-hydroxylation sites is 3. The number of nitrogens with zero attached hydrogens (tertiary/aromatic N) is 2. The predicted octanol–water partition coefficient (Wildman–Crippen LogP) is 12.5. The summed E-state index contributed by atoms with van der Waals surface area (Å²) in [4.78, 5) is 0. The second-order valence-electron chi connectivity index (χ2n) is 13.1. The first-order valence-corrected chi connectivity index (χ1v) is 16.0. The average molecular weight is 627 g/mol. The minimum atomic E-state index is -0.532. The summed E-state index contributed by atoms with van der Waals surface area (Å²) in [5.74, 6) is 0. The summed E-state index contributed by atoms with van der Waals surface area (Å²) < 4.78 is 90.8. The number of benzene rings is 7. The summed E-state index contributed by atoms with van der Waals surface area (Å²) in [6.07, 6.45) is 0. The Bertz CT molecular complexity index is 3030. The maximum atomic E-state index is 8.95. The molecule has 0 saturated heterocycles. The third-order valence-electron chi connectivity index (χ3n) is 9.14. The summed E-state index contributed by atoms with van der Waals surface area (Å²) in [7, 11) is 0. The summed E-state index contributed by atoms with van der Waals surface area (Å²) in [5.41, 5.74) is 6.16. The number of hydrogen-bond acceptors (Lipinski definition) is 0. The van der Waals surface area contributed by atoms with Crippen LogP contribution < -0.4 is 0 Å². The van der Waals surface area contributed by atoms with Crippen LogP contribution in [-0.4, -0.2) is 9.13 Å². The van der Waals surface area contributed by atoms with Crippen molar-refractivity contribution in [1.82, 2.24) is 9.13 Å². The molecule has 48 heavy (non-hydrogen) atoms. The van der Waals surface area contributed by atoms with Crippen LogP contribution in [-0.2, 0) is 5.41 Å². The molecule has 0 fully saturated rings. The molecule has 0 N–H and O–H groups in total. The van der Waals surface area contributed by atoms with Crippen LogP contribution in [0.5, 0.6) is 0 Å². The molecule has 0 amide bonds. The standard InChI is InChI=1S/C46H36N2/c1-46(2,3)44-43(48-41-24-14-10-20-36(41)37-21-11-15-25-42(37)48)27-26-39-38-22-12-13-23-40(38)47(45(39)44)35-29-33(31-16-6-4-7-17-31)28-34(30-35)32-18-8-5-9-19-32/h4-30H,1-3H3/i4D,5D,6D,7D,8D,9D,16D,17D,18D,19D. The van der Waals surface area contributed by atoms with Crippen molar-refractivity contribution in [2.45, 2.75) is 26.2 Å². The van der Waals surface area contributed by atoms with Gasteiger partial charge in [0.2, 0.25) is 0 Å². The van der Waals surface area contributed by atoms with Crippen molar-refractivity contribution in [3.8, 4) is 33.6 Å². The molecular weight excluding hydrogens is 581 g/mol. The van der Waals surface area contributed by atoms with Gasteiger partial charge in [0, 0.05) is 32.8 Å². The highest BCUT2D eigenvalue weighted by atomic mass is 15.0. The molecule has 2 nitrogen and oxygen atoms in total. The molecule has 0 aliphatic carbocycles. The number of rotatable bonds is 4. The van der Waals surface area contributed by atoms with E-state index in [9.17, 15) is 0 Å². The Balaban J connectivity index is 1.48. The average Bonchev–Trinajstić information content (AvgIpc) is 3.73. The van der Waals surface area contributed by atoms with Crippen molar-refractivity contribution in [2.75, 3.05) is 0 Å². The Kier molecular flexibility index (Phi) is 4.46. The lowest BCUT2D eigenvalue weighted by Gasteiger charge is -2.27. The fourth-order valence-corrected chi connectivity index (χ4v) is 7.24. The molecule has 2 aromatic heterocycles. The molecule has 0 atom stereocenters. The van der Waals surface area contributed by atoms with Crippen LogP contribution in [0.4, 0.5) is 0 Å². The van der Waals surface area contributed by atoms with E-state index in [-0.39, 0.29) is 22.3 Å². The zero-order valence-corrected chi connectivity index (χ0v) is 26.7. The summed E-state index contributed by atoms with van der Waals surface area (Å²) >= 11 is 0. The van der Waals surface area contributed by atoms with Crippen LogP contribution in [0.25, 0.3) is 77.2 Å². The van der Waals surface area contributed by atoms with Crippen molar-refractivity contribution in [3.63, 3.8) is 0 Å². The van der Waals surface area contributed by atoms with Gasteiger partial charge >= 0.3 is 0 Å². The van der Waals surface area contributed by atoms with Crippen LogP contribution in [0, 0.1) is 0 Å². The van der Waals surface area contributed by atoms with Gasteiger partial charge in [-0.05, 0) is 70.1 Å². The Morgan fingerprint density at radius 1 is 0.458 bits per heavy atom. The minimum absolute atomic E-state index is 0.0655. The normalized spacial score (nSPS) is 15.0. The van der Waals surface area contributed by atoms with Gasteiger partial charge in [-0.15, -0.1) is 0 Å². The van der Waals surface area contributed by atoms with Crippen LogP contribution in [0.3, 0.4) is 0 Å². The van der Waals surface area contributed by atoms with E-state index in [1.807, 2.05) is 42.5 Å². The van der Waals surface area contributed by atoms with Gasteiger partial charge < -0.3 is 9.13 Å². The highest BCUT2D eigenvalue weighted by Crippen LogP contribution is 2.44. The topological polar surface area (TPSA) is 9.86 Å². The molecule has 0 aliphatic rings. The van der Waals surface area contributed by atoms with E-state index in [0.29, 0.717) is 5.69 Å². The molecule has 7 aromatic carbocycles. The lowest BCUT2D eigenvalue weighted by molar-refractivity contribution is 0.591. The predicted molar refractivity (Wildman–Crippen MR) is 205 cm³/mol. The van der Waals surface area contributed by atoms with Gasteiger partial charge in [-0.2, -0.15) is 0 Å². The minimum Gasteiger partial charge on any atom is -0.309 e. The highest BCUT2D eigenvalue weighted by Gasteiger charge is 2.28. The third kappa shape index (κ3) is 4.41. The van der Waals surface area contributed by atoms with Crippen LogP contribution >= 0.6 is 0 Å². The molecule has 0 spiro atoms. The molecule has 9 aromatic rings. The zero-order chi connectivity index (χ0) is 41.1. The Morgan fingerprint density at radius 2 is 0.917 bits per heavy atom. The zero-order valence-electron chi connectivity index (χ0n) is 36.7. The Hall–Kier alpha value is -5.86. The van der Waals surface area contributed by atoms with Crippen LogP contribution in [0.15, 0.2) is 164 Å². The summed E-state index contributed by atoms with van der Waals surface area (Å²) in [5, 5.41) is 4.15. The van der Waals surface area contributed by atoms with Crippen molar-refractivity contribution in [3.05, 3.63) is 169 Å². The maximum absolute atomic E-state index is 8.95. The third-order valence-corrected chi connectivity index (χ3v) is 9.14. The molecule has 0 bridgehead atoms. The highest BCUT2D eigenvalue weighted by molar-refractivity contribution is 6.13. The fraction of sp³-hybridized carbons (Fsp3) is 0.0870. The molecule has 0 saturated carbocycles. The molecule has 0 aliphatic heterocycles. The van der Waals surface area contributed by atoms with Gasteiger partial charge in [0.05, 0.1) is 41.5 Å². The first-order valence-electron chi connectivity index (χ1n) is 21.0. The molecule has 9 rings (SSSR count). The Morgan fingerprint density at radius 3 is 1.42 bits per heavy atom. The van der Waals surface area contributed by atoms with Crippen molar-refractivity contribution < 1.29 is 13.7 Å². The first-order chi connectivity index (χ1) is 27.6. The van der Waals surface area contributed by atoms with Crippen molar-refractivity contribution in [2.24, 2.45) is 0 Å². The smallest absolute Gasteiger partial charge is 0.0629 e. The van der Waals surface area contributed by atoms with Crippen LogP contribution in [0.1, 0.15) is 40.0 Å². The first kappa shape index (κ1) is 19.7. The van der Waals surface area contributed by atoms with Crippen molar-refractivity contribution in [1.29, 1.82) is 0 Å². The van der Waals surface area contributed by atoms with Crippen molar-refractivity contribution >= 4 is 43.6 Å². The molecule has 2 heterocycles. The van der Waals surface area contributed by atoms with E-state index < -0.39 is 65.8 Å². The lowest BCUT2D eigenvalue weighted by atomic mass is 9.83. The van der Waals surface area contributed by atoms with E-state index in [1.54, 1.807) is 18.2 Å². The summed E-state index contributed by atoms with van der Waals surface area (Å²) in [6.45, 7) is 6.51. The van der Waals surface area contributed by atoms with E-state index in [4.69, 9.17) is 13.7 Å². The van der Waals surface area contributed by atoms with Gasteiger partial charge in [0.25, 0.3) is 0 Å². The number of hydrogen-bond donors (Lipinski definition) is 0. The van der Waals surface area contributed by atoms with Gasteiger partial charge in [0.1, 0.15) is 0 Å². The molecular formula is C46H36N2. The molecule has 0 unspecified atom stereocenters. The number of fused-ring (bicyclic) bond motifs is 6. The maximum Gasteiger partial charge on any atom is 0.0629 e. The SMILES string of the molecule is [2H]c1c([2H])c([2H])c(-c2cc(-c3c([2H])c([2H])c([2H])c([2H])c3[2H])cc(-n3c4ccccc4c4ccc(-n5c6ccccc6c6ccccc65)c(C(C)(C)C)c43)c2)c([2H])c1[2H]. The molecule has 0 radical (unpaired) electrons. The monoisotopic (exact) mass is 626 g/mol. The number of aromatic nitrogens is 2. The van der Waals surface area contributed by atoms with Gasteiger partial charge in [-0.1, -0.05) is 142 Å². The second kappa shape index (κ2) is 10.9. The largest absolute Gasteiger partial charge is 0.309 e. The van der Waals surface area contributed by atoms with Crippen LogP contribution in [0.2, 0.25) is 0 Å².